The molecule has 7 heteroatoms. The first-order chi connectivity index (χ1) is 12.1. The zero-order valence-electron chi connectivity index (χ0n) is 13.4. The summed E-state index contributed by atoms with van der Waals surface area (Å²) in [5.41, 5.74) is 7.49. The Hall–Kier alpha value is -1.99. The zero-order chi connectivity index (χ0) is 17.4. The van der Waals surface area contributed by atoms with E-state index in [0.717, 1.165) is 32.6 Å². The minimum Gasteiger partial charge on any atom is -0.364 e. The number of carbonyl (C=O) groups excluding carboxylic acids is 1. The molecule has 3 heterocycles. The third-order valence-electron chi connectivity index (χ3n) is 4.34. The smallest absolute Gasteiger partial charge is 0.270 e. The van der Waals surface area contributed by atoms with Gasteiger partial charge in [0.25, 0.3) is 5.91 Å². The average Bonchev–Trinajstić information content (AvgIpc) is 3.25. The van der Waals surface area contributed by atoms with Gasteiger partial charge < -0.3 is 5.73 Å². The van der Waals surface area contributed by atoms with Crippen molar-refractivity contribution in [3.63, 3.8) is 0 Å². The molecule has 1 fully saturated rings. The van der Waals surface area contributed by atoms with Crippen LogP contribution in [0.15, 0.2) is 30.3 Å². The predicted octanol–water partition coefficient (Wildman–Crippen LogP) is 4.03. The molecule has 1 saturated heterocycles. The Kier molecular flexibility index (Phi) is 4.43. The quantitative estimate of drug-likeness (QED) is 0.749. The van der Waals surface area contributed by atoms with Crippen molar-refractivity contribution in [2.24, 2.45) is 5.73 Å². The molecule has 2 aromatic heterocycles. The highest BCUT2D eigenvalue weighted by molar-refractivity contribution is 8.00. The number of thioether (sulfide) groups is 1. The van der Waals surface area contributed by atoms with E-state index in [-0.39, 0.29) is 11.5 Å². The van der Waals surface area contributed by atoms with Crippen molar-refractivity contribution in [3.8, 4) is 10.4 Å². The van der Waals surface area contributed by atoms with Crippen LogP contribution in [0.2, 0.25) is 0 Å². The Morgan fingerprint density at radius 1 is 1.28 bits per heavy atom. The summed E-state index contributed by atoms with van der Waals surface area (Å²) in [5.74, 6) is 0.335. The van der Waals surface area contributed by atoms with Crippen LogP contribution in [0.5, 0.6) is 0 Å². The minimum atomic E-state index is -0.577. The number of benzene rings is 1. The summed E-state index contributed by atoms with van der Waals surface area (Å²) < 4.78 is 14.0. The van der Waals surface area contributed by atoms with Crippen LogP contribution in [0.1, 0.15) is 29.0 Å². The molecule has 1 atom stereocenters. The van der Waals surface area contributed by atoms with Crippen molar-refractivity contribution in [1.82, 2.24) is 10.2 Å². The second-order valence-electron chi connectivity index (χ2n) is 6.06. The maximum atomic E-state index is 13.2. The monoisotopic (exact) mass is 373 g/mol. The number of hydrogen-bond donors (Lipinski definition) is 1. The molecule has 1 aliphatic heterocycles. The molecule has 1 aromatic carbocycles. The summed E-state index contributed by atoms with van der Waals surface area (Å²) in [6, 6.07) is 8.35. The molecule has 0 radical (unpaired) electrons. The number of carbonyl (C=O) groups is 1. The number of rotatable bonds is 4. The molecule has 4 rings (SSSR count). The van der Waals surface area contributed by atoms with Gasteiger partial charge in [-0.2, -0.15) is 16.9 Å². The van der Waals surface area contributed by atoms with Crippen LogP contribution in [0.4, 0.5) is 4.39 Å². The van der Waals surface area contributed by atoms with Crippen molar-refractivity contribution >= 4 is 39.1 Å². The van der Waals surface area contributed by atoms with Gasteiger partial charge in [0.1, 0.15) is 5.82 Å². The van der Waals surface area contributed by atoms with Crippen molar-refractivity contribution in [2.45, 2.75) is 24.5 Å². The minimum absolute atomic E-state index is 0.205. The van der Waals surface area contributed by atoms with Gasteiger partial charge in [-0.05, 0) is 42.4 Å². The molecule has 0 saturated carbocycles. The van der Waals surface area contributed by atoms with E-state index in [2.05, 4.69) is 10.2 Å². The lowest BCUT2D eigenvalue weighted by Crippen LogP contribution is -2.15. The Morgan fingerprint density at radius 3 is 2.76 bits per heavy atom. The van der Waals surface area contributed by atoms with Crippen molar-refractivity contribution in [1.29, 1.82) is 0 Å². The lowest BCUT2D eigenvalue weighted by Gasteiger charge is -2.08. The van der Waals surface area contributed by atoms with Crippen LogP contribution in [0.3, 0.4) is 0 Å². The van der Waals surface area contributed by atoms with E-state index in [1.807, 2.05) is 17.8 Å². The zero-order valence-corrected chi connectivity index (χ0v) is 15.0. The van der Waals surface area contributed by atoms with Gasteiger partial charge in [0.15, 0.2) is 5.69 Å². The van der Waals surface area contributed by atoms with E-state index >= 15 is 0 Å². The molecule has 1 unspecified atom stereocenters. The van der Waals surface area contributed by atoms with E-state index in [1.54, 1.807) is 12.1 Å². The number of fused-ring (bicyclic) bond motifs is 1. The summed E-state index contributed by atoms with van der Waals surface area (Å²) in [4.78, 5) is 12.7. The molecule has 0 spiro atoms. The Labute approximate surface area is 152 Å². The lowest BCUT2D eigenvalue weighted by atomic mass is 10.1. The average molecular weight is 373 g/mol. The Bertz CT molecular complexity index is 933. The highest BCUT2D eigenvalue weighted by Crippen LogP contribution is 2.37. The van der Waals surface area contributed by atoms with E-state index in [1.165, 1.54) is 42.1 Å². The van der Waals surface area contributed by atoms with Gasteiger partial charge in [-0.15, -0.1) is 16.4 Å². The molecule has 4 nitrogen and oxygen atoms in total. The van der Waals surface area contributed by atoms with Crippen LogP contribution in [0.25, 0.3) is 20.5 Å². The molecular formula is C18H16FN3OS2. The normalized spacial score (nSPS) is 17.2. The van der Waals surface area contributed by atoms with E-state index < -0.39 is 5.91 Å². The van der Waals surface area contributed by atoms with Gasteiger partial charge in [-0.3, -0.25) is 4.79 Å². The van der Waals surface area contributed by atoms with Gasteiger partial charge in [0.2, 0.25) is 0 Å². The number of primary amides is 1. The van der Waals surface area contributed by atoms with Crippen molar-refractivity contribution in [2.75, 3.05) is 5.75 Å². The molecule has 1 aliphatic rings. The lowest BCUT2D eigenvalue weighted by molar-refractivity contribution is 0.0996. The molecule has 3 aromatic rings. The predicted molar refractivity (Wildman–Crippen MR) is 101 cm³/mol. The summed E-state index contributed by atoms with van der Waals surface area (Å²) in [6.45, 7) is 0. The number of aromatic nitrogens is 2. The molecule has 2 N–H and O–H groups in total. The number of hydrogen-bond acceptors (Lipinski definition) is 5. The molecule has 0 bridgehead atoms. The number of nitrogens with zero attached hydrogens (tertiary/aromatic N) is 2. The molecule has 25 heavy (non-hydrogen) atoms. The maximum absolute atomic E-state index is 13.2. The first kappa shape index (κ1) is 16.5. The maximum Gasteiger partial charge on any atom is 0.270 e. The molecule has 128 valence electrons. The van der Waals surface area contributed by atoms with Crippen molar-refractivity contribution in [3.05, 3.63) is 47.5 Å². The van der Waals surface area contributed by atoms with Crippen LogP contribution in [-0.4, -0.2) is 27.1 Å². The van der Waals surface area contributed by atoms with Gasteiger partial charge in [-0.25, -0.2) is 4.39 Å². The fourth-order valence-corrected chi connectivity index (χ4v) is 5.53. The summed E-state index contributed by atoms with van der Waals surface area (Å²) in [7, 11) is 0. The third kappa shape index (κ3) is 3.26. The Morgan fingerprint density at radius 2 is 2.08 bits per heavy atom. The molecular weight excluding hydrogens is 357 g/mol. The number of nitrogens with two attached hydrogens (primary N) is 1. The summed E-state index contributed by atoms with van der Waals surface area (Å²) in [5, 5.41) is 9.86. The highest BCUT2D eigenvalue weighted by Gasteiger charge is 2.22. The third-order valence-corrected chi connectivity index (χ3v) is 6.92. The van der Waals surface area contributed by atoms with E-state index in [0.29, 0.717) is 5.25 Å². The van der Waals surface area contributed by atoms with Gasteiger partial charge in [0.05, 0.1) is 10.4 Å². The topological polar surface area (TPSA) is 68.9 Å². The fourth-order valence-electron chi connectivity index (χ4n) is 3.08. The SMILES string of the molecule is NC(=O)c1nnc(CC2CCCS2)c2cc(-c3ccc(F)cc3)sc12. The van der Waals surface area contributed by atoms with Gasteiger partial charge >= 0.3 is 0 Å². The fraction of sp³-hybridized carbons (Fsp3) is 0.278. The summed E-state index contributed by atoms with van der Waals surface area (Å²) >= 11 is 3.41. The Balaban J connectivity index is 1.82. The van der Waals surface area contributed by atoms with Gasteiger partial charge in [0, 0.05) is 21.9 Å². The number of thiophene rings is 1. The van der Waals surface area contributed by atoms with Crippen LogP contribution in [0, 0.1) is 5.82 Å². The second-order valence-corrected chi connectivity index (χ2v) is 8.52. The van der Waals surface area contributed by atoms with Crippen LogP contribution >= 0.6 is 23.1 Å². The van der Waals surface area contributed by atoms with Crippen LogP contribution in [-0.2, 0) is 6.42 Å². The summed E-state index contributed by atoms with van der Waals surface area (Å²) in [6.07, 6.45) is 3.25. The van der Waals surface area contributed by atoms with E-state index in [9.17, 15) is 9.18 Å². The highest BCUT2D eigenvalue weighted by atomic mass is 32.2. The first-order valence-corrected chi connectivity index (χ1v) is 9.95. The molecule has 0 aliphatic carbocycles. The number of halogens is 1. The largest absolute Gasteiger partial charge is 0.364 e. The van der Waals surface area contributed by atoms with Gasteiger partial charge in [-0.1, -0.05) is 12.1 Å². The standard InChI is InChI=1S/C18H16FN3OS2/c19-11-5-3-10(4-6-11)15-9-13-14(8-12-2-1-7-24-12)21-22-16(18(20)23)17(13)25-15/h3-6,9,12H,1-2,7-8H2,(H2,20,23). The first-order valence-electron chi connectivity index (χ1n) is 8.08. The number of amides is 1. The second kappa shape index (κ2) is 6.72. The van der Waals surface area contributed by atoms with Crippen LogP contribution < -0.4 is 5.73 Å². The molecule has 1 amide bonds. The van der Waals surface area contributed by atoms with E-state index in [4.69, 9.17) is 5.73 Å². The van der Waals surface area contributed by atoms with Crippen molar-refractivity contribution < 1.29 is 9.18 Å².